The summed E-state index contributed by atoms with van der Waals surface area (Å²) >= 11 is 2.10. The number of thioether (sulfide) groups is 1. The number of nitrogens with one attached hydrogen (secondary N) is 1. The first kappa shape index (κ1) is 11.1. The summed E-state index contributed by atoms with van der Waals surface area (Å²) in [6, 6.07) is 0.734. The molecule has 1 rings (SSSR count). The van der Waals surface area contributed by atoms with Crippen LogP contribution in [0.25, 0.3) is 0 Å². The molecule has 1 saturated heterocycles. The van der Waals surface area contributed by atoms with E-state index in [4.69, 9.17) is 0 Å². The van der Waals surface area contributed by atoms with Crippen LogP contribution in [0.4, 0.5) is 0 Å². The van der Waals surface area contributed by atoms with Gasteiger partial charge in [-0.1, -0.05) is 13.0 Å². The molecule has 2 unspecified atom stereocenters. The molecule has 13 heavy (non-hydrogen) atoms. The molecule has 1 heterocycles. The summed E-state index contributed by atoms with van der Waals surface area (Å²) in [6.07, 6.45) is 5.85. The van der Waals surface area contributed by atoms with Gasteiger partial charge in [0.15, 0.2) is 0 Å². The lowest BCUT2D eigenvalue weighted by Crippen LogP contribution is -2.36. The van der Waals surface area contributed by atoms with Gasteiger partial charge in [0.05, 0.1) is 0 Å². The molecule has 0 radical (unpaired) electrons. The van der Waals surface area contributed by atoms with Crippen molar-refractivity contribution in [1.82, 2.24) is 5.32 Å². The average Bonchev–Trinajstić information content (AvgIpc) is 2.65. The van der Waals surface area contributed by atoms with Crippen LogP contribution in [0, 0.1) is 5.92 Å². The molecule has 0 aromatic carbocycles. The fraction of sp³-hybridized carbons (Fsp3) is 0.818. The van der Waals surface area contributed by atoms with Crippen molar-refractivity contribution in [2.45, 2.75) is 32.2 Å². The second kappa shape index (κ2) is 6.50. The van der Waals surface area contributed by atoms with E-state index in [0.717, 1.165) is 24.9 Å². The first-order valence-corrected chi connectivity index (χ1v) is 6.46. The Morgan fingerprint density at radius 2 is 2.54 bits per heavy atom. The Morgan fingerprint density at radius 3 is 3.08 bits per heavy atom. The van der Waals surface area contributed by atoms with Gasteiger partial charge in [-0.05, 0) is 43.2 Å². The van der Waals surface area contributed by atoms with Crippen LogP contribution < -0.4 is 5.32 Å². The number of hydrogen-bond donors (Lipinski definition) is 1. The van der Waals surface area contributed by atoms with Gasteiger partial charge in [-0.2, -0.15) is 11.8 Å². The fourth-order valence-corrected chi connectivity index (χ4v) is 3.27. The lowest BCUT2D eigenvalue weighted by Gasteiger charge is -2.23. The van der Waals surface area contributed by atoms with E-state index in [-0.39, 0.29) is 0 Å². The molecule has 0 aliphatic carbocycles. The average molecular weight is 199 g/mol. The topological polar surface area (TPSA) is 12.0 Å². The predicted molar refractivity (Wildman–Crippen MR) is 62.3 cm³/mol. The highest BCUT2D eigenvalue weighted by Gasteiger charge is 2.23. The van der Waals surface area contributed by atoms with Gasteiger partial charge < -0.3 is 5.32 Å². The van der Waals surface area contributed by atoms with Crippen molar-refractivity contribution < 1.29 is 0 Å². The molecule has 76 valence electrons. The molecule has 1 fully saturated rings. The summed E-state index contributed by atoms with van der Waals surface area (Å²) in [5.74, 6) is 3.63. The van der Waals surface area contributed by atoms with Crippen molar-refractivity contribution in [3.8, 4) is 0 Å². The smallest absolute Gasteiger partial charge is 0.0106 e. The quantitative estimate of drug-likeness (QED) is 0.660. The Kier molecular flexibility index (Phi) is 5.56. The van der Waals surface area contributed by atoms with Crippen molar-refractivity contribution in [3.63, 3.8) is 0 Å². The largest absolute Gasteiger partial charge is 0.314 e. The van der Waals surface area contributed by atoms with Gasteiger partial charge in [0.2, 0.25) is 0 Å². The summed E-state index contributed by atoms with van der Waals surface area (Å²) < 4.78 is 0. The lowest BCUT2D eigenvalue weighted by molar-refractivity contribution is 0.371. The summed E-state index contributed by atoms with van der Waals surface area (Å²) in [7, 11) is 0. The third-order valence-corrected chi connectivity index (χ3v) is 3.87. The molecule has 1 nitrogen and oxygen atoms in total. The van der Waals surface area contributed by atoms with E-state index in [0.29, 0.717) is 0 Å². The second-order valence-electron chi connectivity index (χ2n) is 3.65. The Morgan fingerprint density at radius 1 is 1.69 bits per heavy atom. The van der Waals surface area contributed by atoms with E-state index in [1.165, 1.54) is 24.3 Å². The fourth-order valence-electron chi connectivity index (χ4n) is 1.93. The normalized spacial score (nSPS) is 24.5. The molecular weight excluding hydrogens is 178 g/mol. The molecule has 2 atom stereocenters. The maximum absolute atomic E-state index is 3.79. The van der Waals surface area contributed by atoms with Crippen LogP contribution in [0.1, 0.15) is 26.2 Å². The SMILES string of the molecule is C=CCCC(NCC)C1CCSC1. The minimum atomic E-state index is 0.734. The highest BCUT2D eigenvalue weighted by Crippen LogP contribution is 2.27. The zero-order valence-corrected chi connectivity index (χ0v) is 9.41. The number of rotatable bonds is 6. The molecule has 0 saturated carbocycles. The highest BCUT2D eigenvalue weighted by atomic mass is 32.2. The molecule has 1 aliphatic heterocycles. The minimum absolute atomic E-state index is 0.734. The molecule has 1 aliphatic rings. The third kappa shape index (κ3) is 3.74. The van der Waals surface area contributed by atoms with Crippen LogP contribution >= 0.6 is 11.8 Å². The van der Waals surface area contributed by atoms with E-state index in [1.54, 1.807) is 0 Å². The molecule has 0 amide bonds. The summed E-state index contributed by atoms with van der Waals surface area (Å²) in [5.41, 5.74) is 0. The van der Waals surface area contributed by atoms with Crippen molar-refractivity contribution in [1.29, 1.82) is 0 Å². The van der Waals surface area contributed by atoms with E-state index < -0.39 is 0 Å². The number of hydrogen-bond acceptors (Lipinski definition) is 2. The first-order chi connectivity index (χ1) is 6.38. The Balaban J connectivity index is 2.30. The van der Waals surface area contributed by atoms with Crippen molar-refractivity contribution in [2.75, 3.05) is 18.1 Å². The Bertz CT molecular complexity index is 141. The standard InChI is InChI=1S/C11H21NS/c1-3-5-6-11(12-4-2)10-7-8-13-9-10/h3,10-12H,1,4-9H2,2H3. The second-order valence-corrected chi connectivity index (χ2v) is 4.80. The van der Waals surface area contributed by atoms with Crippen LogP contribution in [0.15, 0.2) is 12.7 Å². The van der Waals surface area contributed by atoms with Crippen LogP contribution in [-0.2, 0) is 0 Å². The monoisotopic (exact) mass is 199 g/mol. The maximum atomic E-state index is 3.79. The van der Waals surface area contributed by atoms with E-state index in [1.807, 2.05) is 6.08 Å². The van der Waals surface area contributed by atoms with Crippen LogP contribution in [-0.4, -0.2) is 24.1 Å². The molecule has 0 aromatic rings. The van der Waals surface area contributed by atoms with Gasteiger partial charge in [0.1, 0.15) is 0 Å². The van der Waals surface area contributed by atoms with Crippen molar-refractivity contribution >= 4 is 11.8 Å². The molecule has 2 heteroatoms. The molecular formula is C11H21NS. The highest BCUT2D eigenvalue weighted by molar-refractivity contribution is 7.99. The van der Waals surface area contributed by atoms with Crippen molar-refractivity contribution in [2.24, 2.45) is 5.92 Å². The molecule has 0 spiro atoms. The van der Waals surface area contributed by atoms with Gasteiger partial charge in [-0.25, -0.2) is 0 Å². The zero-order valence-electron chi connectivity index (χ0n) is 8.59. The molecule has 1 N–H and O–H groups in total. The molecule has 0 aromatic heterocycles. The van der Waals surface area contributed by atoms with Crippen LogP contribution in [0.3, 0.4) is 0 Å². The summed E-state index contributed by atoms with van der Waals surface area (Å²) in [6.45, 7) is 7.08. The maximum Gasteiger partial charge on any atom is 0.0106 e. The lowest BCUT2D eigenvalue weighted by atomic mass is 9.95. The summed E-state index contributed by atoms with van der Waals surface area (Å²) in [5, 5.41) is 3.60. The Labute approximate surface area is 86.4 Å². The minimum Gasteiger partial charge on any atom is -0.314 e. The van der Waals surface area contributed by atoms with E-state index >= 15 is 0 Å². The van der Waals surface area contributed by atoms with E-state index in [9.17, 15) is 0 Å². The molecule has 0 bridgehead atoms. The van der Waals surface area contributed by atoms with Crippen molar-refractivity contribution in [3.05, 3.63) is 12.7 Å². The van der Waals surface area contributed by atoms with E-state index in [2.05, 4.69) is 30.6 Å². The van der Waals surface area contributed by atoms with Crippen LogP contribution in [0.5, 0.6) is 0 Å². The van der Waals surface area contributed by atoms with Gasteiger partial charge in [-0.15, -0.1) is 6.58 Å². The van der Waals surface area contributed by atoms with Gasteiger partial charge in [0, 0.05) is 6.04 Å². The van der Waals surface area contributed by atoms with Gasteiger partial charge >= 0.3 is 0 Å². The zero-order chi connectivity index (χ0) is 9.52. The summed E-state index contributed by atoms with van der Waals surface area (Å²) in [4.78, 5) is 0. The Hall–Kier alpha value is 0.0500. The van der Waals surface area contributed by atoms with Gasteiger partial charge in [-0.3, -0.25) is 0 Å². The predicted octanol–water partition coefficient (Wildman–Crippen LogP) is 2.68. The first-order valence-electron chi connectivity index (χ1n) is 5.30. The third-order valence-electron chi connectivity index (χ3n) is 2.68. The van der Waals surface area contributed by atoms with Crippen LogP contribution in [0.2, 0.25) is 0 Å². The van der Waals surface area contributed by atoms with Gasteiger partial charge in [0.25, 0.3) is 0 Å². The number of allylic oxidation sites excluding steroid dienone is 1.